The molecule has 0 amide bonds. The van der Waals surface area contributed by atoms with Crippen molar-refractivity contribution in [3.63, 3.8) is 0 Å². The smallest absolute Gasteiger partial charge is 0 e. The minimum atomic E-state index is 0. The largest absolute Gasteiger partial charge is 2.00 e. The minimum absolute atomic E-state index is 0. The Morgan fingerprint density at radius 2 is 0.222 bits per heavy atom. The Labute approximate surface area is 72.9 Å². The summed E-state index contributed by atoms with van der Waals surface area (Å²) in [5.74, 6) is 0. The maximum Gasteiger partial charge on any atom is 0 e. The Hall–Kier alpha value is 0.759. The van der Waals surface area contributed by atoms with Crippen LogP contribution in [0.5, 0.6) is 0 Å². The average Bonchev–Trinajstić information content (AvgIpc) is 0. The molecule has 0 rings (SSSR count). The molecule has 0 heterocycles. The molecular weight excluding hydrogens is 222 g/mol. The van der Waals surface area contributed by atoms with Gasteiger partial charge in [0.25, 0.3) is 0 Å². The van der Waals surface area contributed by atoms with Gasteiger partial charge in [-0.05, 0) is 0 Å². The van der Waals surface area contributed by atoms with E-state index in [0.717, 1.165) is 0 Å². The van der Waals surface area contributed by atoms with Crippen molar-refractivity contribution in [1.82, 2.24) is 0 Å². The van der Waals surface area contributed by atoms with Crippen LogP contribution in [0.3, 0.4) is 0 Å². The molecule has 0 aromatic carbocycles. The van der Waals surface area contributed by atoms with Crippen molar-refractivity contribution in [3.05, 3.63) is 0 Å². The SMILES string of the molecule is [Mn].[Mn].[O-2].[O-2].[O-2].[O-2].[O-2].[O-2].[O-2]. The molecule has 0 saturated heterocycles. The average molecular weight is 222 g/mol. The maximum absolute atomic E-state index is 0. The van der Waals surface area contributed by atoms with Gasteiger partial charge in [-0.25, -0.2) is 0 Å². The molecule has 0 aliphatic rings. The van der Waals surface area contributed by atoms with E-state index in [9.17, 15) is 0 Å². The third kappa shape index (κ3) is 695. The van der Waals surface area contributed by atoms with Crippen LogP contribution < -0.4 is 0 Å². The Morgan fingerprint density at radius 3 is 0.222 bits per heavy atom. The van der Waals surface area contributed by atoms with Crippen LogP contribution in [0.15, 0.2) is 0 Å². The van der Waals surface area contributed by atoms with Crippen molar-refractivity contribution < 1.29 is 72.5 Å². The Morgan fingerprint density at radius 1 is 0.222 bits per heavy atom. The summed E-state index contributed by atoms with van der Waals surface area (Å²) in [5, 5.41) is 0. The number of hydrogen-bond acceptors (Lipinski definition) is 0. The first-order chi connectivity index (χ1) is 0. The third-order valence-corrected chi connectivity index (χ3v) is 0. The van der Waals surface area contributed by atoms with E-state index in [1.54, 1.807) is 0 Å². The summed E-state index contributed by atoms with van der Waals surface area (Å²) in [6.45, 7) is 0. The standard InChI is InChI=1S/2Mn.7O/q;;7*-2. The molecule has 0 aliphatic carbocycles. The zero-order valence-electron chi connectivity index (χ0n) is 3.61. The molecule has 0 atom stereocenters. The second-order valence-electron chi connectivity index (χ2n) is 0. The topological polar surface area (TPSA) is 200 Å². The van der Waals surface area contributed by atoms with Crippen LogP contribution in [0.1, 0.15) is 0 Å². The fraction of sp³-hybridized carbons (Fsp3) is 0. The molecule has 0 spiro atoms. The summed E-state index contributed by atoms with van der Waals surface area (Å²) >= 11 is 0. The summed E-state index contributed by atoms with van der Waals surface area (Å²) in [7, 11) is 0. The van der Waals surface area contributed by atoms with Gasteiger partial charge in [0, 0.05) is 34.1 Å². The van der Waals surface area contributed by atoms with Crippen LogP contribution in [0, 0.1) is 0 Å². The first-order valence-electron chi connectivity index (χ1n) is 0. The first-order valence-corrected chi connectivity index (χ1v) is 0. The summed E-state index contributed by atoms with van der Waals surface area (Å²) in [4.78, 5) is 0. The molecular formula is Mn2O7-14. The van der Waals surface area contributed by atoms with Crippen molar-refractivity contribution in [2.45, 2.75) is 0 Å². The van der Waals surface area contributed by atoms with E-state index in [2.05, 4.69) is 0 Å². The van der Waals surface area contributed by atoms with Crippen molar-refractivity contribution in [1.29, 1.82) is 0 Å². The van der Waals surface area contributed by atoms with E-state index >= 15 is 0 Å². The Bertz CT molecular complexity index is 6.88. The minimum Gasteiger partial charge on any atom is -2.00 e. The van der Waals surface area contributed by atoms with Crippen LogP contribution in [0.2, 0.25) is 0 Å². The fourth-order valence-corrected chi connectivity index (χ4v) is 0. The van der Waals surface area contributed by atoms with E-state index in [1.165, 1.54) is 0 Å². The second-order valence-corrected chi connectivity index (χ2v) is 0. The van der Waals surface area contributed by atoms with E-state index < -0.39 is 0 Å². The molecule has 0 unspecified atom stereocenters. The Kier molecular flexibility index (Phi) is 132000. The van der Waals surface area contributed by atoms with E-state index in [-0.39, 0.29) is 72.5 Å². The molecule has 7 nitrogen and oxygen atoms in total. The van der Waals surface area contributed by atoms with E-state index in [4.69, 9.17) is 0 Å². The molecule has 0 aliphatic heterocycles. The van der Waals surface area contributed by atoms with E-state index in [1.807, 2.05) is 0 Å². The molecule has 2 radical (unpaired) electrons. The van der Waals surface area contributed by atoms with Gasteiger partial charge in [-0.3, -0.25) is 0 Å². The quantitative estimate of drug-likeness (QED) is 0.460. The summed E-state index contributed by atoms with van der Waals surface area (Å²) in [5.41, 5.74) is 0. The summed E-state index contributed by atoms with van der Waals surface area (Å²) in [6, 6.07) is 0. The maximum atomic E-state index is 0. The van der Waals surface area contributed by atoms with Crippen LogP contribution in [0.4, 0.5) is 0 Å². The normalized spacial score (nSPS) is 0. The molecule has 0 aromatic rings. The fourth-order valence-electron chi connectivity index (χ4n) is 0. The van der Waals surface area contributed by atoms with Gasteiger partial charge < -0.3 is 38.3 Å². The van der Waals surface area contributed by atoms with Crippen molar-refractivity contribution >= 4 is 0 Å². The first kappa shape index (κ1) is 1300. The number of rotatable bonds is 0. The van der Waals surface area contributed by atoms with Gasteiger partial charge in [-0.2, -0.15) is 0 Å². The van der Waals surface area contributed by atoms with Crippen molar-refractivity contribution in [3.8, 4) is 0 Å². The monoisotopic (exact) mass is 222 g/mol. The van der Waals surface area contributed by atoms with Gasteiger partial charge >= 0.3 is 0 Å². The molecule has 70 valence electrons. The summed E-state index contributed by atoms with van der Waals surface area (Å²) < 4.78 is 0. The molecule has 0 aromatic heterocycles. The summed E-state index contributed by atoms with van der Waals surface area (Å²) in [6.07, 6.45) is 0. The van der Waals surface area contributed by atoms with Gasteiger partial charge in [-0.15, -0.1) is 0 Å². The molecule has 9 heteroatoms. The van der Waals surface area contributed by atoms with Crippen molar-refractivity contribution in [2.75, 3.05) is 0 Å². The molecule has 9 heavy (non-hydrogen) atoms. The predicted molar refractivity (Wildman–Crippen MR) is 4.81 cm³/mol. The molecule has 0 saturated carbocycles. The van der Waals surface area contributed by atoms with Crippen LogP contribution in [-0.4, -0.2) is 0 Å². The molecule has 0 bridgehead atoms. The third-order valence-electron chi connectivity index (χ3n) is 0. The van der Waals surface area contributed by atoms with Gasteiger partial charge in [-0.1, -0.05) is 0 Å². The van der Waals surface area contributed by atoms with Gasteiger partial charge in [0.05, 0.1) is 0 Å². The molecule has 0 N–H and O–H groups in total. The van der Waals surface area contributed by atoms with Crippen LogP contribution in [0.25, 0.3) is 0 Å². The van der Waals surface area contributed by atoms with Gasteiger partial charge in [0.15, 0.2) is 0 Å². The molecule has 0 fully saturated rings. The van der Waals surface area contributed by atoms with Crippen LogP contribution in [-0.2, 0) is 72.5 Å². The Balaban J connectivity index is 0. The van der Waals surface area contributed by atoms with Crippen LogP contribution >= 0.6 is 0 Å². The van der Waals surface area contributed by atoms with E-state index in [0.29, 0.717) is 0 Å². The van der Waals surface area contributed by atoms with Gasteiger partial charge in [0.1, 0.15) is 0 Å². The zero-order valence-corrected chi connectivity index (χ0v) is 5.97. The zero-order chi connectivity index (χ0) is 0. The number of hydrogen-bond donors (Lipinski definition) is 0. The van der Waals surface area contributed by atoms with Crippen molar-refractivity contribution in [2.24, 2.45) is 0 Å². The second kappa shape index (κ2) is 915. The van der Waals surface area contributed by atoms with Gasteiger partial charge in [0.2, 0.25) is 0 Å². The predicted octanol–water partition coefficient (Wildman–Crippen LogP) is -0.837.